The summed E-state index contributed by atoms with van der Waals surface area (Å²) in [6.07, 6.45) is 7.58. The normalized spacial score (nSPS) is 15.1. The second-order valence-electron chi connectivity index (χ2n) is 4.77. The van der Waals surface area contributed by atoms with Gasteiger partial charge < -0.3 is 10.1 Å². The molecule has 1 aliphatic rings. The van der Waals surface area contributed by atoms with Crippen LogP contribution in [0.2, 0.25) is 0 Å². The van der Waals surface area contributed by atoms with E-state index < -0.39 is 5.97 Å². The molecule has 3 nitrogen and oxygen atoms in total. The quantitative estimate of drug-likeness (QED) is 0.793. The summed E-state index contributed by atoms with van der Waals surface area (Å²) < 4.78 is 0. The molecule has 3 heteroatoms. The Hall–Kier alpha value is -2.03. The highest BCUT2D eigenvalue weighted by Gasteiger charge is 2.14. The lowest BCUT2D eigenvalue weighted by molar-refractivity contribution is -0.131. The van der Waals surface area contributed by atoms with Crippen molar-refractivity contribution < 1.29 is 9.90 Å². The zero-order chi connectivity index (χ0) is 12.5. The zero-order valence-corrected chi connectivity index (χ0v) is 10.1. The molecule has 2 N–H and O–H groups in total. The molecule has 0 fully saturated rings. The summed E-state index contributed by atoms with van der Waals surface area (Å²) >= 11 is 0. The van der Waals surface area contributed by atoms with Crippen molar-refractivity contribution in [2.45, 2.75) is 25.7 Å². The van der Waals surface area contributed by atoms with Gasteiger partial charge >= 0.3 is 5.97 Å². The molecule has 3 rings (SSSR count). The van der Waals surface area contributed by atoms with Crippen LogP contribution in [0.5, 0.6) is 0 Å². The van der Waals surface area contributed by atoms with Crippen molar-refractivity contribution in [1.29, 1.82) is 0 Å². The van der Waals surface area contributed by atoms with Crippen LogP contribution in [-0.4, -0.2) is 16.1 Å². The fourth-order valence-electron chi connectivity index (χ4n) is 2.69. The highest BCUT2D eigenvalue weighted by molar-refractivity contribution is 5.89. The van der Waals surface area contributed by atoms with Crippen LogP contribution in [0, 0.1) is 0 Å². The van der Waals surface area contributed by atoms with E-state index in [9.17, 15) is 4.79 Å². The molecule has 2 aromatic rings. The van der Waals surface area contributed by atoms with Gasteiger partial charge in [-0.3, -0.25) is 0 Å². The molecule has 0 spiro atoms. The van der Waals surface area contributed by atoms with Crippen LogP contribution in [0.25, 0.3) is 17.0 Å². The molecular formula is C15H15NO2. The monoisotopic (exact) mass is 241 g/mol. The van der Waals surface area contributed by atoms with Crippen molar-refractivity contribution in [3.63, 3.8) is 0 Å². The van der Waals surface area contributed by atoms with Gasteiger partial charge in [0, 0.05) is 22.7 Å². The van der Waals surface area contributed by atoms with E-state index in [4.69, 9.17) is 5.11 Å². The van der Waals surface area contributed by atoms with Crippen LogP contribution in [0.15, 0.2) is 24.3 Å². The van der Waals surface area contributed by atoms with E-state index in [1.54, 1.807) is 6.08 Å². The van der Waals surface area contributed by atoms with Gasteiger partial charge in [-0.2, -0.15) is 0 Å². The number of aliphatic carboxylic acids is 1. The number of fused-ring (bicyclic) bond motifs is 3. The Kier molecular flexibility index (Phi) is 2.67. The fraction of sp³-hybridized carbons (Fsp3) is 0.267. The van der Waals surface area contributed by atoms with Crippen LogP contribution in [-0.2, 0) is 17.6 Å². The number of carbonyl (C=O) groups is 1. The van der Waals surface area contributed by atoms with E-state index in [0.717, 1.165) is 23.9 Å². The molecule has 0 radical (unpaired) electrons. The fourth-order valence-corrected chi connectivity index (χ4v) is 2.69. The molecule has 0 saturated heterocycles. The smallest absolute Gasteiger partial charge is 0.328 e. The van der Waals surface area contributed by atoms with E-state index in [0.29, 0.717) is 0 Å². The topological polar surface area (TPSA) is 53.1 Å². The Morgan fingerprint density at radius 1 is 1.28 bits per heavy atom. The van der Waals surface area contributed by atoms with E-state index >= 15 is 0 Å². The van der Waals surface area contributed by atoms with Crippen LogP contribution in [0.4, 0.5) is 0 Å². The standard InChI is InChI=1S/C15H15NO2/c17-15(18)8-6-10-5-7-14-12(9-10)11-3-1-2-4-13(11)16-14/h5-9,16H,1-4H2,(H,17,18)/b8-6+. The lowest BCUT2D eigenvalue weighted by Gasteiger charge is -2.10. The summed E-state index contributed by atoms with van der Waals surface area (Å²) in [5, 5.41) is 9.89. The van der Waals surface area contributed by atoms with E-state index in [-0.39, 0.29) is 0 Å². The van der Waals surface area contributed by atoms with Gasteiger partial charge in [0.25, 0.3) is 0 Å². The van der Waals surface area contributed by atoms with Crippen LogP contribution < -0.4 is 0 Å². The maximum Gasteiger partial charge on any atom is 0.328 e. The molecular weight excluding hydrogens is 226 g/mol. The number of carboxylic acids is 1. The largest absolute Gasteiger partial charge is 0.478 e. The Labute approximate surface area is 105 Å². The molecule has 1 aromatic heterocycles. The molecule has 0 aliphatic heterocycles. The number of aromatic amines is 1. The van der Waals surface area contributed by atoms with E-state index in [2.05, 4.69) is 11.1 Å². The van der Waals surface area contributed by atoms with E-state index in [1.165, 1.54) is 35.6 Å². The van der Waals surface area contributed by atoms with Crippen molar-refractivity contribution >= 4 is 22.9 Å². The van der Waals surface area contributed by atoms with Gasteiger partial charge in [0.05, 0.1) is 0 Å². The van der Waals surface area contributed by atoms with Gasteiger partial charge in [0.1, 0.15) is 0 Å². The van der Waals surface area contributed by atoms with Crippen LogP contribution in [0.1, 0.15) is 29.7 Å². The van der Waals surface area contributed by atoms with Gasteiger partial charge in [-0.25, -0.2) is 4.79 Å². The minimum absolute atomic E-state index is 0.911. The molecule has 92 valence electrons. The number of carboxylic acid groups (broad SMARTS) is 1. The molecule has 1 aromatic carbocycles. The Bertz CT molecular complexity index is 637. The van der Waals surface area contributed by atoms with Gasteiger partial charge in [0.2, 0.25) is 0 Å². The maximum absolute atomic E-state index is 10.5. The van der Waals surface area contributed by atoms with Gasteiger partial charge in [0.15, 0.2) is 0 Å². The molecule has 0 unspecified atom stereocenters. The first-order valence-corrected chi connectivity index (χ1v) is 6.28. The van der Waals surface area contributed by atoms with Crippen molar-refractivity contribution in [2.75, 3.05) is 0 Å². The second kappa shape index (κ2) is 4.33. The summed E-state index contributed by atoms with van der Waals surface area (Å²) in [6, 6.07) is 6.06. The molecule has 0 amide bonds. The molecule has 0 bridgehead atoms. The highest BCUT2D eigenvalue weighted by Crippen LogP contribution is 2.29. The zero-order valence-electron chi connectivity index (χ0n) is 10.1. The number of nitrogens with one attached hydrogen (secondary N) is 1. The third-order valence-electron chi connectivity index (χ3n) is 3.54. The summed E-state index contributed by atoms with van der Waals surface area (Å²) in [4.78, 5) is 14.0. The van der Waals surface area contributed by atoms with Crippen molar-refractivity contribution in [3.8, 4) is 0 Å². The Balaban J connectivity index is 2.08. The number of hydrogen-bond donors (Lipinski definition) is 2. The van der Waals surface area contributed by atoms with Crippen molar-refractivity contribution in [3.05, 3.63) is 41.1 Å². The summed E-state index contributed by atoms with van der Waals surface area (Å²) in [7, 11) is 0. The lowest BCUT2D eigenvalue weighted by atomic mass is 9.95. The molecule has 0 saturated carbocycles. The summed E-state index contributed by atoms with van der Waals surface area (Å²) in [6.45, 7) is 0. The second-order valence-corrected chi connectivity index (χ2v) is 4.77. The molecule has 0 atom stereocenters. The predicted molar refractivity (Wildman–Crippen MR) is 71.6 cm³/mol. The molecule has 18 heavy (non-hydrogen) atoms. The first-order valence-electron chi connectivity index (χ1n) is 6.28. The van der Waals surface area contributed by atoms with Gasteiger partial charge in [-0.05, 0) is 55.0 Å². The molecule has 1 aliphatic carbocycles. The summed E-state index contributed by atoms with van der Waals surface area (Å²) in [5.41, 5.74) is 4.88. The number of aromatic nitrogens is 1. The van der Waals surface area contributed by atoms with Gasteiger partial charge in [-0.15, -0.1) is 0 Å². The number of H-pyrrole nitrogens is 1. The Morgan fingerprint density at radius 2 is 2.11 bits per heavy atom. The van der Waals surface area contributed by atoms with Crippen LogP contribution in [0.3, 0.4) is 0 Å². The SMILES string of the molecule is O=C(O)/C=C/c1ccc2[nH]c3c(c2c1)CCCC3. The maximum atomic E-state index is 10.5. The minimum Gasteiger partial charge on any atom is -0.478 e. The first-order chi connectivity index (χ1) is 8.74. The van der Waals surface area contributed by atoms with Gasteiger partial charge in [-0.1, -0.05) is 6.07 Å². The number of hydrogen-bond acceptors (Lipinski definition) is 1. The first kappa shape index (κ1) is 11.1. The van der Waals surface area contributed by atoms with Crippen LogP contribution >= 0.6 is 0 Å². The number of rotatable bonds is 2. The average Bonchev–Trinajstić information content (AvgIpc) is 2.74. The number of aryl methyl sites for hydroxylation is 2. The third-order valence-corrected chi connectivity index (χ3v) is 3.54. The average molecular weight is 241 g/mol. The predicted octanol–water partition coefficient (Wildman–Crippen LogP) is 3.14. The third kappa shape index (κ3) is 1.92. The minimum atomic E-state index is -0.911. The summed E-state index contributed by atoms with van der Waals surface area (Å²) in [5.74, 6) is -0.911. The Morgan fingerprint density at radius 3 is 2.94 bits per heavy atom. The lowest BCUT2D eigenvalue weighted by Crippen LogP contribution is -1.99. The van der Waals surface area contributed by atoms with Crippen molar-refractivity contribution in [1.82, 2.24) is 4.98 Å². The number of benzene rings is 1. The van der Waals surface area contributed by atoms with E-state index in [1.807, 2.05) is 12.1 Å². The molecule has 1 heterocycles. The van der Waals surface area contributed by atoms with Crippen molar-refractivity contribution in [2.24, 2.45) is 0 Å². The highest BCUT2D eigenvalue weighted by atomic mass is 16.4.